The summed E-state index contributed by atoms with van der Waals surface area (Å²) in [5, 5.41) is 3.91. The summed E-state index contributed by atoms with van der Waals surface area (Å²) in [6, 6.07) is 11.0. The van der Waals surface area contributed by atoms with Gasteiger partial charge in [0.05, 0.1) is 17.4 Å². The highest BCUT2D eigenvalue weighted by atomic mass is 19.1. The lowest BCUT2D eigenvalue weighted by Gasteiger charge is -2.04. The predicted octanol–water partition coefficient (Wildman–Crippen LogP) is 3.09. The van der Waals surface area contributed by atoms with Crippen LogP contribution in [0.1, 0.15) is 34.1 Å². The van der Waals surface area contributed by atoms with Crippen molar-refractivity contribution in [2.24, 2.45) is 5.10 Å². The Morgan fingerprint density at radius 3 is 2.56 bits per heavy atom. The number of hydrazone groups is 1. The monoisotopic (exact) mass is 337 g/mol. The molecule has 5 nitrogen and oxygen atoms in total. The number of carbonyl (C=O) groups is 2. The van der Waals surface area contributed by atoms with Gasteiger partial charge in [-0.1, -0.05) is 6.07 Å². The number of fused-ring (bicyclic) bond motifs is 1. The Bertz CT molecular complexity index is 988. The molecular weight excluding hydrogens is 321 g/mol. The number of pyridine rings is 1. The highest BCUT2D eigenvalue weighted by molar-refractivity contribution is 6.11. The van der Waals surface area contributed by atoms with Gasteiger partial charge in [-0.25, -0.2) is 9.82 Å². The number of carbonyl (C=O) groups excluding carboxylic acids is 2. The normalized spacial score (nSPS) is 11.2. The summed E-state index contributed by atoms with van der Waals surface area (Å²) in [4.78, 5) is 23.9. The van der Waals surface area contributed by atoms with E-state index < -0.39 is 5.82 Å². The summed E-state index contributed by atoms with van der Waals surface area (Å²) in [5.41, 5.74) is 5.49. The van der Waals surface area contributed by atoms with Crippen LogP contribution in [0.5, 0.6) is 0 Å². The van der Waals surface area contributed by atoms with Crippen LogP contribution < -0.4 is 5.43 Å². The van der Waals surface area contributed by atoms with Crippen LogP contribution in [-0.2, 0) is 4.79 Å². The molecule has 0 fully saturated rings. The summed E-state index contributed by atoms with van der Waals surface area (Å²) in [6.45, 7) is 3.18. The second kappa shape index (κ2) is 6.68. The zero-order chi connectivity index (χ0) is 18.0. The van der Waals surface area contributed by atoms with E-state index in [0.717, 1.165) is 16.6 Å². The van der Waals surface area contributed by atoms with E-state index in [0.29, 0.717) is 11.3 Å². The fourth-order valence-electron chi connectivity index (χ4n) is 2.73. The standard InChI is InChI=1S/C19H16FN3O2/c1-12-16(11-21-22-13(2)24)17-5-3-4-10-23(17)18(12)19(25)14-6-8-15(20)9-7-14/h3-11H,1-2H3,(H,22,24)/b21-11-. The topological polar surface area (TPSA) is 62.9 Å². The van der Waals surface area contributed by atoms with Crippen LogP contribution in [0.4, 0.5) is 4.39 Å². The number of aromatic nitrogens is 1. The van der Waals surface area contributed by atoms with Gasteiger partial charge in [-0.05, 0) is 48.9 Å². The number of nitrogens with zero attached hydrogens (tertiary/aromatic N) is 2. The zero-order valence-electron chi connectivity index (χ0n) is 13.8. The average Bonchev–Trinajstić information content (AvgIpc) is 2.87. The number of halogens is 1. The van der Waals surface area contributed by atoms with Crippen molar-refractivity contribution in [1.29, 1.82) is 0 Å². The van der Waals surface area contributed by atoms with Gasteiger partial charge in [-0.3, -0.25) is 9.59 Å². The number of rotatable bonds is 4. The van der Waals surface area contributed by atoms with E-state index in [2.05, 4.69) is 10.5 Å². The van der Waals surface area contributed by atoms with Crippen molar-refractivity contribution in [2.45, 2.75) is 13.8 Å². The fraction of sp³-hybridized carbons (Fsp3) is 0.105. The summed E-state index contributed by atoms with van der Waals surface area (Å²) in [6.07, 6.45) is 3.31. The number of hydrogen-bond donors (Lipinski definition) is 1. The minimum absolute atomic E-state index is 0.210. The fourth-order valence-corrected chi connectivity index (χ4v) is 2.73. The Labute approximate surface area is 143 Å². The second-order valence-corrected chi connectivity index (χ2v) is 5.61. The molecule has 0 atom stereocenters. The molecule has 1 aromatic carbocycles. The van der Waals surface area contributed by atoms with E-state index in [1.807, 2.05) is 25.1 Å². The predicted molar refractivity (Wildman–Crippen MR) is 93.4 cm³/mol. The molecule has 0 spiro atoms. The molecule has 6 heteroatoms. The Morgan fingerprint density at radius 1 is 1.16 bits per heavy atom. The smallest absolute Gasteiger partial charge is 0.236 e. The lowest BCUT2D eigenvalue weighted by molar-refractivity contribution is -0.118. The van der Waals surface area contributed by atoms with Crippen LogP contribution >= 0.6 is 0 Å². The first kappa shape index (κ1) is 16.6. The first-order valence-electron chi connectivity index (χ1n) is 7.68. The molecule has 2 heterocycles. The number of amides is 1. The van der Waals surface area contributed by atoms with Crippen molar-refractivity contribution >= 4 is 23.4 Å². The maximum absolute atomic E-state index is 13.1. The highest BCUT2D eigenvalue weighted by Crippen LogP contribution is 2.24. The third kappa shape index (κ3) is 3.19. The quantitative estimate of drug-likeness (QED) is 0.452. The summed E-state index contributed by atoms with van der Waals surface area (Å²) in [7, 11) is 0. The van der Waals surface area contributed by atoms with Crippen LogP contribution in [0.15, 0.2) is 53.8 Å². The first-order chi connectivity index (χ1) is 12.0. The van der Waals surface area contributed by atoms with Crippen molar-refractivity contribution in [3.8, 4) is 0 Å². The molecule has 0 saturated heterocycles. The van der Waals surface area contributed by atoms with E-state index >= 15 is 0 Å². The van der Waals surface area contributed by atoms with Gasteiger partial charge < -0.3 is 4.40 Å². The van der Waals surface area contributed by atoms with Crippen LogP contribution in [0.2, 0.25) is 0 Å². The molecule has 0 aliphatic rings. The van der Waals surface area contributed by atoms with Crippen molar-refractivity contribution in [3.05, 3.63) is 76.9 Å². The van der Waals surface area contributed by atoms with Gasteiger partial charge in [0.1, 0.15) is 5.82 Å². The molecule has 0 aliphatic carbocycles. The molecule has 0 aliphatic heterocycles. The maximum Gasteiger partial charge on any atom is 0.236 e. The van der Waals surface area contributed by atoms with Gasteiger partial charge >= 0.3 is 0 Å². The molecule has 126 valence electrons. The maximum atomic E-state index is 13.1. The van der Waals surface area contributed by atoms with Crippen molar-refractivity contribution in [1.82, 2.24) is 9.83 Å². The molecule has 0 radical (unpaired) electrons. The molecule has 0 unspecified atom stereocenters. The molecule has 3 rings (SSSR count). The van der Waals surface area contributed by atoms with Crippen LogP contribution in [0, 0.1) is 12.7 Å². The third-order valence-corrected chi connectivity index (χ3v) is 3.87. The van der Waals surface area contributed by atoms with E-state index in [-0.39, 0.29) is 11.7 Å². The highest BCUT2D eigenvalue weighted by Gasteiger charge is 2.20. The summed E-state index contributed by atoms with van der Waals surface area (Å²) < 4.78 is 14.9. The van der Waals surface area contributed by atoms with E-state index in [1.54, 1.807) is 10.6 Å². The van der Waals surface area contributed by atoms with Crippen LogP contribution in [0.3, 0.4) is 0 Å². The molecule has 25 heavy (non-hydrogen) atoms. The third-order valence-electron chi connectivity index (χ3n) is 3.87. The van der Waals surface area contributed by atoms with E-state index in [9.17, 15) is 14.0 Å². The Balaban J connectivity index is 2.13. The summed E-state index contributed by atoms with van der Waals surface area (Å²) in [5.74, 6) is -0.880. The van der Waals surface area contributed by atoms with E-state index in [4.69, 9.17) is 0 Å². The molecule has 0 saturated carbocycles. The minimum Gasteiger partial charge on any atom is -0.313 e. The largest absolute Gasteiger partial charge is 0.313 e. The van der Waals surface area contributed by atoms with E-state index in [1.165, 1.54) is 37.4 Å². The van der Waals surface area contributed by atoms with Crippen molar-refractivity contribution < 1.29 is 14.0 Å². The number of benzene rings is 1. The SMILES string of the molecule is CC(=O)N/N=C\c1c(C)c(C(=O)c2ccc(F)cc2)n2ccccc12. The molecule has 0 bridgehead atoms. The van der Waals surface area contributed by atoms with Gasteiger partial charge in [0.2, 0.25) is 11.7 Å². The number of hydrogen-bond acceptors (Lipinski definition) is 3. The van der Waals surface area contributed by atoms with Gasteiger partial charge in [0, 0.05) is 24.2 Å². The van der Waals surface area contributed by atoms with Gasteiger partial charge in [0.25, 0.3) is 0 Å². The summed E-state index contributed by atoms with van der Waals surface area (Å²) >= 11 is 0. The lowest BCUT2D eigenvalue weighted by atomic mass is 10.0. The lowest BCUT2D eigenvalue weighted by Crippen LogP contribution is -2.12. The second-order valence-electron chi connectivity index (χ2n) is 5.61. The molecule has 2 aromatic heterocycles. The Morgan fingerprint density at radius 2 is 1.88 bits per heavy atom. The zero-order valence-corrected chi connectivity index (χ0v) is 13.8. The molecule has 3 aromatic rings. The van der Waals surface area contributed by atoms with Gasteiger partial charge in [-0.2, -0.15) is 5.10 Å². The molecule has 1 N–H and O–H groups in total. The van der Waals surface area contributed by atoms with Crippen LogP contribution in [-0.4, -0.2) is 22.3 Å². The van der Waals surface area contributed by atoms with Crippen LogP contribution in [0.25, 0.3) is 5.52 Å². The minimum atomic E-state index is -0.392. The van der Waals surface area contributed by atoms with Crippen molar-refractivity contribution in [2.75, 3.05) is 0 Å². The Kier molecular flexibility index (Phi) is 4.43. The van der Waals surface area contributed by atoms with Crippen molar-refractivity contribution in [3.63, 3.8) is 0 Å². The number of ketones is 1. The molecule has 1 amide bonds. The van der Waals surface area contributed by atoms with Gasteiger partial charge in [-0.15, -0.1) is 0 Å². The average molecular weight is 337 g/mol. The van der Waals surface area contributed by atoms with Gasteiger partial charge in [0.15, 0.2) is 0 Å². The first-order valence-corrected chi connectivity index (χ1v) is 7.68. The Hall–Kier alpha value is -3.28. The molecular formula is C19H16FN3O2. The number of nitrogens with one attached hydrogen (secondary N) is 1.